The molecule has 0 unspecified atom stereocenters. The second kappa shape index (κ2) is 5.58. The normalized spacial score (nSPS) is 14.7. The number of aliphatic hydroxyl groups is 1. The molecule has 2 nitrogen and oxygen atoms in total. The first-order valence-electron chi connectivity index (χ1n) is 4.76. The predicted octanol–water partition coefficient (Wildman–Crippen LogP) is 2.31. The molecule has 0 spiro atoms. The first-order chi connectivity index (χ1) is 6.79. The molecule has 1 aromatic rings. The van der Waals surface area contributed by atoms with E-state index in [1.807, 2.05) is 37.3 Å². The fraction of sp³-hybridized carbons (Fsp3) is 0.333. The van der Waals surface area contributed by atoms with Crippen LogP contribution in [-0.4, -0.2) is 17.8 Å². The Kier molecular flexibility index (Phi) is 4.36. The van der Waals surface area contributed by atoms with Crippen LogP contribution in [0.4, 0.5) is 0 Å². The lowest BCUT2D eigenvalue weighted by atomic mass is 10.0. The molecule has 1 N–H and O–H groups in total. The SMILES string of the molecule is C=C[C@H](OCC)[C@@H](O)c1ccccc1. The molecule has 2 heteroatoms. The lowest BCUT2D eigenvalue weighted by Gasteiger charge is -2.19. The van der Waals surface area contributed by atoms with Crippen molar-refractivity contribution in [2.75, 3.05) is 6.61 Å². The molecule has 0 fully saturated rings. The molecule has 1 aromatic carbocycles. The lowest BCUT2D eigenvalue weighted by Crippen LogP contribution is -2.19. The maximum absolute atomic E-state index is 9.92. The summed E-state index contributed by atoms with van der Waals surface area (Å²) in [6.45, 7) is 6.11. The summed E-state index contributed by atoms with van der Waals surface area (Å²) in [4.78, 5) is 0. The number of hydrogen-bond acceptors (Lipinski definition) is 2. The summed E-state index contributed by atoms with van der Waals surface area (Å²) in [5.41, 5.74) is 0.853. The van der Waals surface area contributed by atoms with E-state index in [-0.39, 0.29) is 6.10 Å². The summed E-state index contributed by atoms with van der Waals surface area (Å²) < 4.78 is 5.34. The smallest absolute Gasteiger partial charge is 0.109 e. The standard InChI is InChI=1S/C12H16O2/c1-3-11(14-4-2)12(13)10-8-6-5-7-9-10/h3,5-9,11-13H,1,4H2,2H3/t11-,12-/m0/s1. The minimum atomic E-state index is -0.631. The zero-order chi connectivity index (χ0) is 10.4. The van der Waals surface area contributed by atoms with E-state index in [1.165, 1.54) is 0 Å². The molecular weight excluding hydrogens is 176 g/mol. The van der Waals surface area contributed by atoms with E-state index < -0.39 is 6.10 Å². The summed E-state index contributed by atoms with van der Waals surface area (Å²) in [5.74, 6) is 0. The summed E-state index contributed by atoms with van der Waals surface area (Å²) in [6.07, 6.45) is 0.664. The fourth-order valence-electron chi connectivity index (χ4n) is 1.32. The van der Waals surface area contributed by atoms with Gasteiger partial charge in [-0.05, 0) is 12.5 Å². The molecule has 1 rings (SSSR count). The van der Waals surface area contributed by atoms with Crippen LogP contribution in [0.3, 0.4) is 0 Å². The van der Waals surface area contributed by atoms with Gasteiger partial charge in [0.25, 0.3) is 0 Å². The Morgan fingerprint density at radius 1 is 1.43 bits per heavy atom. The Balaban J connectivity index is 2.72. The first kappa shape index (κ1) is 11.0. The van der Waals surface area contributed by atoms with Gasteiger partial charge in [0.1, 0.15) is 12.2 Å². The van der Waals surface area contributed by atoms with Crippen molar-refractivity contribution in [3.8, 4) is 0 Å². The van der Waals surface area contributed by atoms with Gasteiger partial charge in [0.2, 0.25) is 0 Å². The van der Waals surface area contributed by atoms with E-state index in [2.05, 4.69) is 6.58 Å². The molecule has 0 amide bonds. The van der Waals surface area contributed by atoms with Crippen LogP contribution in [0.5, 0.6) is 0 Å². The van der Waals surface area contributed by atoms with E-state index >= 15 is 0 Å². The highest BCUT2D eigenvalue weighted by molar-refractivity contribution is 5.19. The van der Waals surface area contributed by atoms with E-state index in [0.29, 0.717) is 6.61 Å². The third-order valence-electron chi connectivity index (χ3n) is 2.04. The van der Waals surface area contributed by atoms with Crippen LogP contribution in [-0.2, 0) is 4.74 Å². The van der Waals surface area contributed by atoms with Crippen LogP contribution in [0.25, 0.3) is 0 Å². The minimum absolute atomic E-state index is 0.331. The number of rotatable bonds is 5. The van der Waals surface area contributed by atoms with E-state index in [4.69, 9.17) is 4.74 Å². The van der Waals surface area contributed by atoms with Gasteiger partial charge < -0.3 is 9.84 Å². The molecule has 0 aliphatic carbocycles. The maximum atomic E-state index is 9.92. The summed E-state index contributed by atoms with van der Waals surface area (Å²) in [5, 5.41) is 9.92. The van der Waals surface area contributed by atoms with E-state index in [1.54, 1.807) is 6.08 Å². The van der Waals surface area contributed by atoms with Gasteiger partial charge in [0.05, 0.1) is 0 Å². The van der Waals surface area contributed by atoms with Gasteiger partial charge in [-0.3, -0.25) is 0 Å². The number of aliphatic hydroxyl groups excluding tert-OH is 1. The maximum Gasteiger partial charge on any atom is 0.109 e. The Bertz CT molecular complexity index is 269. The van der Waals surface area contributed by atoms with Crippen LogP contribution >= 0.6 is 0 Å². The van der Waals surface area contributed by atoms with Gasteiger partial charge >= 0.3 is 0 Å². The predicted molar refractivity (Wildman–Crippen MR) is 57.0 cm³/mol. The number of benzene rings is 1. The second-order valence-corrected chi connectivity index (χ2v) is 3.01. The van der Waals surface area contributed by atoms with Crippen LogP contribution in [0.1, 0.15) is 18.6 Å². The van der Waals surface area contributed by atoms with Crippen molar-refractivity contribution < 1.29 is 9.84 Å². The molecule has 14 heavy (non-hydrogen) atoms. The number of hydrogen-bond donors (Lipinski definition) is 1. The van der Waals surface area contributed by atoms with Gasteiger partial charge in [-0.2, -0.15) is 0 Å². The largest absolute Gasteiger partial charge is 0.385 e. The first-order valence-corrected chi connectivity index (χ1v) is 4.76. The number of ether oxygens (including phenoxy) is 1. The third kappa shape index (κ3) is 2.69. The van der Waals surface area contributed by atoms with Crippen molar-refractivity contribution in [1.82, 2.24) is 0 Å². The zero-order valence-electron chi connectivity index (χ0n) is 8.39. The molecule has 0 aliphatic rings. The van der Waals surface area contributed by atoms with Crippen LogP contribution in [0, 0.1) is 0 Å². The highest BCUT2D eigenvalue weighted by Gasteiger charge is 2.17. The highest BCUT2D eigenvalue weighted by atomic mass is 16.5. The Hall–Kier alpha value is -1.12. The monoisotopic (exact) mass is 192 g/mol. The molecule has 2 atom stereocenters. The Morgan fingerprint density at radius 3 is 2.57 bits per heavy atom. The molecule has 0 bridgehead atoms. The minimum Gasteiger partial charge on any atom is -0.385 e. The molecule has 76 valence electrons. The molecular formula is C12H16O2. The van der Waals surface area contributed by atoms with Crippen LogP contribution < -0.4 is 0 Å². The van der Waals surface area contributed by atoms with Crippen LogP contribution in [0.15, 0.2) is 43.0 Å². The average molecular weight is 192 g/mol. The van der Waals surface area contributed by atoms with Crippen LogP contribution in [0.2, 0.25) is 0 Å². The van der Waals surface area contributed by atoms with Crippen molar-refractivity contribution in [3.05, 3.63) is 48.6 Å². The van der Waals surface area contributed by atoms with Gasteiger partial charge in [0.15, 0.2) is 0 Å². The van der Waals surface area contributed by atoms with Gasteiger partial charge in [0, 0.05) is 6.61 Å². The topological polar surface area (TPSA) is 29.5 Å². The van der Waals surface area contributed by atoms with Crippen molar-refractivity contribution in [1.29, 1.82) is 0 Å². The molecule has 0 aliphatic heterocycles. The molecule has 0 heterocycles. The second-order valence-electron chi connectivity index (χ2n) is 3.01. The van der Waals surface area contributed by atoms with Crippen molar-refractivity contribution in [2.45, 2.75) is 19.1 Å². The highest BCUT2D eigenvalue weighted by Crippen LogP contribution is 2.19. The lowest BCUT2D eigenvalue weighted by molar-refractivity contribution is -0.00555. The molecule has 0 radical (unpaired) electrons. The summed E-state index contributed by atoms with van der Waals surface area (Å²) in [7, 11) is 0. The van der Waals surface area contributed by atoms with Crippen molar-refractivity contribution >= 4 is 0 Å². The van der Waals surface area contributed by atoms with E-state index in [9.17, 15) is 5.11 Å². The Labute approximate surface area is 84.8 Å². The Morgan fingerprint density at radius 2 is 2.07 bits per heavy atom. The van der Waals surface area contributed by atoms with Crippen molar-refractivity contribution in [2.24, 2.45) is 0 Å². The molecule has 0 aromatic heterocycles. The van der Waals surface area contributed by atoms with Gasteiger partial charge in [-0.1, -0.05) is 36.4 Å². The zero-order valence-corrected chi connectivity index (χ0v) is 8.39. The molecule has 0 saturated heterocycles. The van der Waals surface area contributed by atoms with Crippen molar-refractivity contribution in [3.63, 3.8) is 0 Å². The quantitative estimate of drug-likeness (QED) is 0.725. The summed E-state index contributed by atoms with van der Waals surface area (Å²) in [6, 6.07) is 9.45. The van der Waals surface area contributed by atoms with Gasteiger partial charge in [-0.25, -0.2) is 0 Å². The summed E-state index contributed by atoms with van der Waals surface area (Å²) >= 11 is 0. The average Bonchev–Trinajstić information content (AvgIpc) is 2.26. The fourth-order valence-corrected chi connectivity index (χ4v) is 1.32. The molecule has 0 saturated carbocycles. The van der Waals surface area contributed by atoms with Gasteiger partial charge in [-0.15, -0.1) is 6.58 Å². The third-order valence-corrected chi connectivity index (χ3v) is 2.04. The van der Waals surface area contributed by atoms with E-state index in [0.717, 1.165) is 5.56 Å².